The number of rotatable bonds is 14. The Labute approximate surface area is 240 Å². The molecule has 4 N–H and O–H groups in total. The molecule has 0 aromatic heterocycles. The van der Waals surface area contributed by atoms with Crippen LogP contribution in [0.4, 0.5) is 18.9 Å². The van der Waals surface area contributed by atoms with Gasteiger partial charge in [0.05, 0.1) is 12.2 Å². The number of anilines is 1. The second-order valence-electron chi connectivity index (χ2n) is 9.23. The van der Waals surface area contributed by atoms with Gasteiger partial charge in [-0.2, -0.15) is 13.2 Å². The second kappa shape index (κ2) is 17.7. The van der Waals surface area contributed by atoms with Gasteiger partial charge in [0.15, 0.2) is 0 Å². The maximum Gasteiger partial charge on any atom is 0.416 e. The lowest BCUT2D eigenvalue weighted by Gasteiger charge is -2.27. The molecule has 0 saturated heterocycles. The van der Waals surface area contributed by atoms with Crippen LogP contribution < -0.4 is 11.1 Å². The minimum absolute atomic E-state index is 0.0373. The van der Waals surface area contributed by atoms with Crippen molar-refractivity contribution < 1.29 is 32.6 Å². The quantitative estimate of drug-likeness (QED) is 0.165. The molecule has 226 valence electrons. The van der Waals surface area contributed by atoms with Gasteiger partial charge in [-0.1, -0.05) is 37.6 Å². The first-order valence-electron chi connectivity index (χ1n) is 13.0. The van der Waals surface area contributed by atoms with Crippen LogP contribution in [0.3, 0.4) is 0 Å². The monoisotopic (exact) mass is 587 g/mol. The number of thioether (sulfide) groups is 1. The summed E-state index contributed by atoms with van der Waals surface area (Å²) in [5.74, 6) is -1.51. The first kappa shape index (κ1) is 37.1. The largest absolute Gasteiger partial charge is 0.480 e. The molecule has 0 aliphatic carbocycles. The number of methoxy groups -OCH3 is 1. The van der Waals surface area contributed by atoms with Gasteiger partial charge in [0.25, 0.3) is 5.91 Å². The first-order chi connectivity index (χ1) is 18.6. The van der Waals surface area contributed by atoms with Crippen molar-refractivity contribution in [3.05, 3.63) is 65.0 Å². The Morgan fingerprint density at radius 3 is 2.23 bits per heavy atom. The van der Waals surface area contributed by atoms with Crippen molar-refractivity contribution in [1.82, 2.24) is 4.90 Å². The van der Waals surface area contributed by atoms with Crippen LogP contribution in [0.15, 0.2) is 59.5 Å². The van der Waals surface area contributed by atoms with Gasteiger partial charge in [-0.25, -0.2) is 0 Å². The molecular weight excluding hydrogens is 543 g/mol. The zero-order chi connectivity index (χ0) is 31.1. The first-order valence-corrected chi connectivity index (χ1v) is 13.9. The van der Waals surface area contributed by atoms with E-state index < -0.39 is 28.4 Å². The van der Waals surface area contributed by atoms with Crippen molar-refractivity contribution in [2.45, 2.75) is 71.1 Å². The van der Waals surface area contributed by atoms with E-state index in [1.165, 1.54) is 23.9 Å². The van der Waals surface area contributed by atoms with Crippen LogP contribution in [0, 0.1) is 0 Å². The highest BCUT2D eigenvalue weighted by atomic mass is 32.2. The molecule has 0 spiro atoms. The summed E-state index contributed by atoms with van der Waals surface area (Å²) in [6.45, 7) is 14.1. The third-order valence-corrected chi connectivity index (χ3v) is 7.07. The molecular formula is C29H44F3N3O4S. The lowest BCUT2D eigenvalue weighted by atomic mass is 10.1. The number of halogens is 3. The Morgan fingerprint density at radius 2 is 1.75 bits per heavy atom. The molecule has 0 heterocycles. The number of alkyl halides is 3. The number of aliphatic carboxylic acids is 1. The fourth-order valence-electron chi connectivity index (χ4n) is 3.33. The van der Waals surface area contributed by atoms with Crippen LogP contribution in [0.2, 0.25) is 0 Å². The predicted octanol–water partition coefficient (Wildman–Crippen LogP) is 6.69. The zero-order valence-electron chi connectivity index (χ0n) is 24.7. The van der Waals surface area contributed by atoms with Crippen molar-refractivity contribution in [2.75, 3.05) is 32.1 Å². The van der Waals surface area contributed by atoms with E-state index in [2.05, 4.69) is 5.32 Å². The van der Waals surface area contributed by atoms with Crippen molar-refractivity contribution in [3.8, 4) is 0 Å². The van der Waals surface area contributed by atoms with Gasteiger partial charge in [0.1, 0.15) is 10.4 Å². The Balaban J connectivity index is 0.00000742. The summed E-state index contributed by atoms with van der Waals surface area (Å²) < 4.78 is 42.6. The SMILES string of the molecule is C/C=C\C(C/C=C(\C)CN(CCOC)/C(C)=C(\N)C(=O)Nc1ccc(C(F)(F)F)cc1)SC(C)(C)C(=O)O.CC. The van der Waals surface area contributed by atoms with Gasteiger partial charge in [-0.3, -0.25) is 9.59 Å². The number of carboxylic acid groups (broad SMARTS) is 1. The van der Waals surface area contributed by atoms with Crippen LogP contribution in [-0.4, -0.2) is 58.7 Å². The summed E-state index contributed by atoms with van der Waals surface area (Å²) in [5.41, 5.74) is 6.92. The highest BCUT2D eigenvalue weighted by Crippen LogP contribution is 2.32. The predicted molar refractivity (Wildman–Crippen MR) is 158 cm³/mol. The van der Waals surface area contributed by atoms with E-state index >= 15 is 0 Å². The van der Waals surface area contributed by atoms with Crippen molar-refractivity contribution >= 4 is 29.3 Å². The summed E-state index contributed by atoms with van der Waals surface area (Å²) in [6, 6.07) is 4.12. The fourth-order valence-corrected chi connectivity index (χ4v) is 4.62. The topological polar surface area (TPSA) is 105 Å². The number of carbonyl (C=O) groups excluding carboxylic acids is 1. The zero-order valence-corrected chi connectivity index (χ0v) is 25.5. The van der Waals surface area contributed by atoms with Crippen molar-refractivity contribution in [3.63, 3.8) is 0 Å². The van der Waals surface area contributed by atoms with Crippen molar-refractivity contribution in [1.29, 1.82) is 0 Å². The summed E-state index contributed by atoms with van der Waals surface area (Å²) in [5, 5.41) is 12.0. The maximum absolute atomic E-state index is 12.8. The van der Waals surface area contributed by atoms with E-state index in [9.17, 15) is 27.9 Å². The van der Waals surface area contributed by atoms with Gasteiger partial charge in [0.2, 0.25) is 0 Å². The summed E-state index contributed by atoms with van der Waals surface area (Å²) in [6.07, 6.45) is 2.04. The third-order valence-electron chi connectivity index (χ3n) is 5.65. The Morgan fingerprint density at radius 1 is 1.18 bits per heavy atom. The molecule has 0 fully saturated rings. The normalized spacial score (nSPS) is 13.7. The lowest BCUT2D eigenvalue weighted by molar-refractivity contribution is -0.139. The standard InChI is InChI=1S/C27H38F3N3O4S.C2H6/c1-7-8-22(38-26(4,5)25(35)36)14-9-18(2)17-33(15-16-37-6)19(3)23(31)24(34)32-21-12-10-20(11-13-21)27(28,29)30;1-2/h7-13,22H,14-17,31H2,1-6H3,(H,32,34)(H,35,36);1-2H3/b8-7-,18-9+,23-19-;. The van der Waals surface area contributed by atoms with Crippen LogP contribution >= 0.6 is 11.8 Å². The number of carbonyl (C=O) groups is 2. The molecule has 0 radical (unpaired) electrons. The van der Waals surface area contributed by atoms with Gasteiger partial charge >= 0.3 is 12.1 Å². The highest BCUT2D eigenvalue weighted by molar-refractivity contribution is 8.02. The minimum Gasteiger partial charge on any atom is -0.480 e. The van der Waals surface area contributed by atoms with E-state index in [1.54, 1.807) is 27.9 Å². The number of hydrogen-bond acceptors (Lipinski definition) is 6. The molecule has 0 aliphatic rings. The van der Waals surface area contributed by atoms with E-state index in [1.807, 2.05) is 50.8 Å². The Hall–Kier alpha value is -2.92. The molecule has 1 rings (SSSR count). The minimum atomic E-state index is -4.47. The number of amides is 1. The average Bonchev–Trinajstić information content (AvgIpc) is 2.89. The van der Waals surface area contributed by atoms with Crippen LogP contribution in [0.25, 0.3) is 0 Å². The van der Waals surface area contributed by atoms with Crippen molar-refractivity contribution in [2.24, 2.45) is 5.73 Å². The van der Waals surface area contributed by atoms with E-state index in [0.717, 1.165) is 17.7 Å². The molecule has 1 aromatic carbocycles. The summed E-state index contributed by atoms with van der Waals surface area (Å²) in [4.78, 5) is 26.1. The molecule has 1 aromatic rings. The average molecular weight is 588 g/mol. The molecule has 1 atom stereocenters. The Bertz CT molecular complexity index is 1040. The third kappa shape index (κ3) is 13.0. The highest BCUT2D eigenvalue weighted by Gasteiger charge is 2.31. The molecule has 0 bridgehead atoms. The molecule has 40 heavy (non-hydrogen) atoms. The van der Waals surface area contributed by atoms with Gasteiger partial charge in [-0.05, 0) is 65.3 Å². The summed E-state index contributed by atoms with van der Waals surface area (Å²) in [7, 11) is 1.56. The fraction of sp³-hybridized carbons (Fsp3) is 0.517. The summed E-state index contributed by atoms with van der Waals surface area (Å²) >= 11 is 1.36. The smallest absolute Gasteiger partial charge is 0.416 e. The molecule has 1 amide bonds. The van der Waals surface area contributed by atoms with Crippen LogP contribution in [0.5, 0.6) is 0 Å². The number of allylic oxidation sites excluding steroid dienone is 3. The number of nitrogens with one attached hydrogen (secondary N) is 1. The van der Waals surface area contributed by atoms with Gasteiger partial charge in [-0.15, -0.1) is 11.8 Å². The number of hydrogen-bond donors (Lipinski definition) is 3. The molecule has 1 unspecified atom stereocenters. The second-order valence-corrected chi connectivity index (χ2v) is 11.1. The molecule has 7 nitrogen and oxygen atoms in total. The van der Waals surface area contributed by atoms with Gasteiger partial charge in [0, 0.05) is 36.8 Å². The molecule has 0 aliphatic heterocycles. The van der Waals surface area contributed by atoms with Crippen LogP contribution in [0.1, 0.15) is 60.5 Å². The maximum atomic E-state index is 12.8. The molecule has 0 saturated carbocycles. The number of nitrogens with two attached hydrogens (primary N) is 1. The van der Waals surface area contributed by atoms with Gasteiger partial charge < -0.3 is 25.8 Å². The van der Waals surface area contributed by atoms with E-state index in [-0.39, 0.29) is 16.6 Å². The number of benzene rings is 1. The van der Waals surface area contributed by atoms with E-state index in [0.29, 0.717) is 31.8 Å². The van der Waals surface area contributed by atoms with Crippen LogP contribution in [-0.2, 0) is 20.5 Å². The number of carboxylic acids is 1. The van der Waals surface area contributed by atoms with E-state index in [4.69, 9.17) is 10.5 Å². The Kier molecular flexibility index (Phi) is 16.4. The lowest BCUT2D eigenvalue weighted by Crippen LogP contribution is -2.33. The molecule has 11 heteroatoms. The number of ether oxygens (including phenoxy) is 1. The number of nitrogens with zero attached hydrogens (tertiary/aromatic N) is 1.